The molecule has 0 spiro atoms. The maximum Gasteiger partial charge on any atom is 0.00957 e. The molecule has 0 amide bonds. The SMILES string of the molecule is C[C@]12CCCCC1CCC1C2CC[C@]2(C)C(N)CCC12. The molecule has 4 rings (SSSR count). The van der Waals surface area contributed by atoms with Gasteiger partial charge in [-0.25, -0.2) is 0 Å². The monoisotopic (exact) mass is 275 g/mol. The van der Waals surface area contributed by atoms with Crippen LogP contribution in [0.4, 0.5) is 0 Å². The van der Waals surface area contributed by atoms with Crippen molar-refractivity contribution in [3.05, 3.63) is 0 Å². The fourth-order valence-corrected chi connectivity index (χ4v) is 7.34. The topological polar surface area (TPSA) is 26.0 Å². The number of nitrogens with two attached hydrogens (primary N) is 1. The van der Waals surface area contributed by atoms with E-state index in [9.17, 15) is 0 Å². The molecule has 4 aliphatic rings. The summed E-state index contributed by atoms with van der Waals surface area (Å²) in [6.07, 6.45) is 14.7. The van der Waals surface area contributed by atoms with Gasteiger partial charge in [-0.3, -0.25) is 0 Å². The Balaban J connectivity index is 1.64. The maximum absolute atomic E-state index is 6.51. The summed E-state index contributed by atoms with van der Waals surface area (Å²) in [7, 11) is 0. The van der Waals surface area contributed by atoms with Crippen LogP contribution < -0.4 is 5.73 Å². The highest BCUT2D eigenvalue weighted by atomic mass is 14.8. The van der Waals surface area contributed by atoms with E-state index in [0.29, 0.717) is 16.9 Å². The van der Waals surface area contributed by atoms with E-state index in [1.807, 2.05) is 0 Å². The molecule has 114 valence electrons. The molecule has 1 heteroatoms. The van der Waals surface area contributed by atoms with Gasteiger partial charge in [-0.05, 0) is 85.9 Å². The molecule has 7 atom stereocenters. The summed E-state index contributed by atoms with van der Waals surface area (Å²) >= 11 is 0. The molecule has 0 bridgehead atoms. The lowest BCUT2D eigenvalue weighted by Gasteiger charge is -2.60. The Labute approximate surface area is 125 Å². The number of hydrogen-bond acceptors (Lipinski definition) is 1. The third kappa shape index (κ3) is 1.65. The predicted octanol–water partition coefficient (Wildman–Crippen LogP) is 4.75. The van der Waals surface area contributed by atoms with Gasteiger partial charge in [0.25, 0.3) is 0 Å². The molecule has 0 radical (unpaired) electrons. The van der Waals surface area contributed by atoms with E-state index in [-0.39, 0.29) is 0 Å². The van der Waals surface area contributed by atoms with Crippen LogP contribution in [-0.2, 0) is 0 Å². The molecule has 5 unspecified atom stereocenters. The molecule has 4 fully saturated rings. The Morgan fingerprint density at radius 2 is 1.55 bits per heavy atom. The fraction of sp³-hybridized carbons (Fsp3) is 1.00. The molecule has 2 N–H and O–H groups in total. The van der Waals surface area contributed by atoms with Gasteiger partial charge >= 0.3 is 0 Å². The summed E-state index contributed by atoms with van der Waals surface area (Å²) in [5.41, 5.74) is 7.69. The summed E-state index contributed by atoms with van der Waals surface area (Å²) in [6.45, 7) is 5.20. The van der Waals surface area contributed by atoms with Crippen LogP contribution in [0.1, 0.15) is 78.1 Å². The molecular weight excluding hydrogens is 242 g/mol. The first-order valence-corrected chi connectivity index (χ1v) is 9.31. The number of fused-ring (bicyclic) bond motifs is 5. The summed E-state index contributed by atoms with van der Waals surface area (Å²) < 4.78 is 0. The first-order valence-electron chi connectivity index (χ1n) is 9.31. The Kier molecular flexibility index (Phi) is 3.05. The van der Waals surface area contributed by atoms with Crippen molar-refractivity contribution in [3.63, 3.8) is 0 Å². The van der Waals surface area contributed by atoms with Gasteiger partial charge in [0.2, 0.25) is 0 Å². The van der Waals surface area contributed by atoms with Crippen molar-refractivity contribution in [2.75, 3.05) is 0 Å². The smallest absolute Gasteiger partial charge is 0.00957 e. The molecule has 4 aliphatic carbocycles. The van der Waals surface area contributed by atoms with Crippen LogP contribution in [0.3, 0.4) is 0 Å². The van der Waals surface area contributed by atoms with Crippen molar-refractivity contribution in [1.82, 2.24) is 0 Å². The lowest BCUT2D eigenvalue weighted by atomic mass is 9.45. The van der Waals surface area contributed by atoms with Crippen LogP contribution in [0.5, 0.6) is 0 Å². The molecular formula is C19H33N. The largest absolute Gasteiger partial charge is 0.327 e. The summed E-state index contributed by atoms with van der Waals surface area (Å²) in [5.74, 6) is 4.06. The third-order valence-corrected chi connectivity index (χ3v) is 8.66. The zero-order valence-corrected chi connectivity index (χ0v) is 13.5. The summed E-state index contributed by atoms with van der Waals surface area (Å²) in [5, 5.41) is 0. The Morgan fingerprint density at radius 3 is 2.40 bits per heavy atom. The lowest BCUT2D eigenvalue weighted by Crippen LogP contribution is -2.54. The van der Waals surface area contributed by atoms with Gasteiger partial charge in [-0.2, -0.15) is 0 Å². The molecule has 0 aromatic rings. The highest BCUT2D eigenvalue weighted by Crippen LogP contribution is 2.65. The highest BCUT2D eigenvalue weighted by Gasteiger charge is 2.58. The van der Waals surface area contributed by atoms with Gasteiger partial charge in [0, 0.05) is 6.04 Å². The molecule has 0 aromatic heterocycles. The van der Waals surface area contributed by atoms with Gasteiger partial charge in [0.15, 0.2) is 0 Å². The Bertz CT molecular complexity index is 391. The van der Waals surface area contributed by atoms with Gasteiger partial charge in [0.1, 0.15) is 0 Å². The quantitative estimate of drug-likeness (QED) is 0.678. The number of hydrogen-bond donors (Lipinski definition) is 1. The molecule has 0 aliphatic heterocycles. The minimum atomic E-state index is 0.485. The fourth-order valence-electron chi connectivity index (χ4n) is 7.34. The van der Waals surface area contributed by atoms with Crippen LogP contribution in [0.25, 0.3) is 0 Å². The number of rotatable bonds is 0. The molecule has 0 saturated heterocycles. The van der Waals surface area contributed by atoms with Gasteiger partial charge in [-0.15, -0.1) is 0 Å². The minimum Gasteiger partial charge on any atom is -0.327 e. The van der Waals surface area contributed by atoms with Crippen molar-refractivity contribution < 1.29 is 0 Å². The minimum absolute atomic E-state index is 0.485. The highest BCUT2D eigenvalue weighted by molar-refractivity contribution is 5.09. The predicted molar refractivity (Wildman–Crippen MR) is 84.3 cm³/mol. The second-order valence-electron chi connectivity index (χ2n) is 9.13. The van der Waals surface area contributed by atoms with Crippen molar-refractivity contribution in [2.24, 2.45) is 40.2 Å². The second-order valence-corrected chi connectivity index (χ2v) is 9.13. The molecule has 20 heavy (non-hydrogen) atoms. The van der Waals surface area contributed by atoms with E-state index >= 15 is 0 Å². The normalized spacial score (nSPS) is 58.6. The second kappa shape index (κ2) is 4.48. The van der Waals surface area contributed by atoms with Crippen molar-refractivity contribution in [3.8, 4) is 0 Å². The van der Waals surface area contributed by atoms with Crippen LogP contribution in [-0.4, -0.2) is 6.04 Å². The maximum atomic E-state index is 6.51. The zero-order chi connectivity index (χ0) is 14.0. The van der Waals surface area contributed by atoms with E-state index in [0.717, 1.165) is 23.7 Å². The van der Waals surface area contributed by atoms with Crippen LogP contribution in [0.2, 0.25) is 0 Å². The van der Waals surface area contributed by atoms with Gasteiger partial charge in [0.05, 0.1) is 0 Å². The standard InChI is InChI=1S/C19H33N/c1-18-11-4-3-5-13(18)6-7-14-15-8-9-17(20)19(15,2)12-10-16(14)18/h13-17H,3-12,20H2,1-2H3/t13?,14?,15?,16?,17?,18-,19-/m0/s1. The van der Waals surface area contributed by atoms with Crippen LogP contribution >= 0.6 is 0 Å². The van der Waals surface area contributed by atoms with Crippen molar-refractivity contribution in [1.29, 1.82) is 0 Å². The van der Waals surface area contributed by atoms with Crippen molar-refractivity contribution in [2.45, 2.75) is 84.1 Å². The summed E-state index contributed by atoms with van der Waals surface area (Å²) in [4.78, 5) is 0. The first kappa shape index (κ1) is 13.6. The van der Waals surface area contributed by atoms with E-state index in [2.05, 4.69) is 13.8 Å². The Hall–Kier alpha value is -0.0400. The van der Waals surface area contributed by atoms with Crippen molar-refractivity contribution >= 4 is 0 Å². The van der Waals surface area contributed by atoms with E-state index in [4.69, 9.17) is 5.73 Å². The van der Waals surface area contributed by atoms with Gasteiger partial charge < -0.3 is 5.73 Å². The average molecular weight is 275 g/mol. The third-order valence-electron chi connectivity index (χ3n) is 8.66. The molecule has 0 heterocycles. The molecule has 1 nitrogen and oxygen atoms in total. The van der Waals surface area contributed by atoms with E-state index in [1.165, 1.54) is 64.2 Å². The first-order chi connectivity index (χ1) is 9.56. The van der Waals surface area contributed by atoms with E-state index < -0.39 is 0 Å². The van der Waals surface area contributed by atoms with Crippen LogP contribution in [0.15, 0.2) is 0 Å². The molecule has 4 saturated carbocycles. The Morgan fingerprint density at radius 1 is 0.750 bits per heavy atom. The van der Waals surface area contributed by atoms with Crippen LogP contribution in [0, 0.1) is 34.5 Å². The average Bonchev–Trinajstić information content (AvgIpc) is 2.74. The summed E-state index contributed by atoms with van der Waals surface area (Å²) in [6, 6.07) is 0.491. The zero-order valence-electron chi connectivity index (χ0n) is 13.5. The van der Waals surface area contributed by atoms with Gasteiger partial charge in [-0.1, -0.05) is 26.7 Å². The lowest BCUT2D eigenvalue weighted by molar-refractivity contribution is -0.105. The molecule has 0 aromatic carbocycles. The van der Waals surface area contributed by atoms with E-state index in [1.54, 1.807) is 0 Å².